The van der Waals surface area contributed by atoms with Crippen molar-refractivity contribution in [2.45, 2.75) is 50.4 Å². The number of amides is 2. The van der Waals surface area contributed by atoms with Crippen molar-refractivity contribution in [2.24, 2.45) is 0 Å². The molecule has 3 aromatic rings. The van der Waals surface area contributed by atoms with Gasteiger partial charge in [0.05, 0.1) is 7.11 Å². The van der Waals surface area contributed by atoms with Crippen LogP contribution >= 0.6 is 0 Å². The van der Waals surface area contributed by atoms with Crippen LogP contribution in [0.5, 0.6) is 5.75 Å². The van der Waals surface area contributed by atoms with Gasteiger partial charge in [-0.05, 0) is 70.0 Å². The highest BCUT2D eigenvalue weighted by atomic mass is 16.5. The highest BCUT2D eigenvalue weighted by Gasteiger charge is 2.32. The van der Waals surface area contributed by atoms with Crippen LogP contribution in [0.1, 0.15) is 56.1 Å². The highest BCUT2D eigenvalue weighted by molar-refractivity contribution is 6.06. The Bertz CT molecular complexity index is 1200. The first kappa shape index (κ1) is 23.8. The van der Waals surface area contributed by atoms with Crippen LogP contribution < -0.4 is 15.4 Å². The number of ether oxygens (including phenoxy) is 1. The van der Waals surface area contributed by atoms with Crippen LogP contribution in [0.15, 0.2) is 54.6 Å². The topological polar surface area (TPSA) is 67.4 Å². The van der Waals surface area contributed by atoms with Gasteiger partial charge >= 0.3 is 0 Å². The summed E-state index contributed by atoms with van der Waals surface area (Å²) in [5.74, 6) is -0.554. The molecule has 0 unspecified atom stereocenters. The van der Waals surface area contributed by atoms with Crippen LogP contribution in [0.4, 0.5) is 0 Å². The van der Waals surface area contributed by atoms with Crippen molar-refractivity contribution in [2.75, 3.05) is 21.2 Å². The van der Waals surface area contributed by atoms with E-state index in [1.54, 1.807) is 21.2 Å². The number of likely N-dealkylation sites (N-methyl/N-ethyl adjacent to an activating group) is 2. The first-order chi connectivity index (χ1) is 16.4. The van der Waals surface area contributed by atoms with Gasteiger partial charge in [0.2, 0.25) is 11.8 Å². The van der Waals surface area contributed by atoms with Crippen molar-refractivity contribution in [3.8, 4) is 16.9 Å². The fourth-order valence-electron chi connectivity index (χ4n) is 5.29. The van der Waals surface area contributed by atoms with Gasteiger partial charge in [-0.3, -0.25) is 9.59 Å². The molecule has 5 nitrogen and oxygen atoms in total. The predicted molar refractivity (Wildman–Crippen MR) is 137 cm³/mol. The lowest BCUT2D eigenvalue weighted by atomic mass is 9.70. The second-order valence-corrected chi connectivity index (χ2v) is 9.52. The molecule has 0 saturated heterocycles. The zero-order valence-corrected chi connectivity index (χ0v) is 20.5. The number of carbonyl (C=O) groups is 2. The van der Waals surface area contributed by atoms with Crippen LogP contribution in [-0.4, -0.2) is 33.0 Å². The molecule has 0 radical (unpaired) electrons. The Hall–Kier alpha value is -3.34. The number of fused-ring (bicyclic) bond motifs is 1. The van der Waals surface area contributed by atoms with E-state index in [4.69, 9.17) is 4.74 Å². The normalized spacial score (nSPS) is 15.2. The van der Waals surface area contributed by atoms with E-state index in [1.165, 1.54) is 43.2 Å². The maximum absolute atomic E-state index is 12.3. The molecule has 34 heavy (non-hydrogen) atoms. The number of hydrogen-bond acceptors (Lipinski definition) is 3. The summed E-state index contributed by atoms with van der Waals surface area (Å²) in [6, 6.07) is 18.6. The van der Waals surface area contributed by atoms with Crippen LogP contribution in [0.2, 0.25) is 0 Å². The average Bonchev–Trinajstić information content (AvgIpc) is 2.88. The number of hydrogen-bond donors (Lipinski definition) is 2. The number of carbonyl (C=O) groups excluding carboxylic acids is 2. The summed E-state index contributed by atoms with van der Waals surface area (Å²) in [6.45, 7) is 2.37. The van der Waals surface area contributed by atoms with E-state index in [1.807, 2.05) is 18.2 Å². The van der Waals surface area contributed by atoms with Gasteiger partial charge in [0.1, 0.15) is 11.7 Å². The molecular weight excluding hydrogens is 424 g/mol. The Morgan fingerprint density at radius 2 is 1.41 bits per heavy atom. The Kier molecular flexibility index (Phi) is 6.92. The minimum atomic E-state index is -0.876. The van der Waals surface area contributed by atoms with Gasteiger partial charge < -0.3 is 15.4 Å². The molecule has 0 spiro atoms. The standard InChI is InChI=1S/C29H34N2O3/c1-29(14-6-5-7-15-29)24-18-22(12-13-25(24)34-4)20-8-9-21-17-23(11-10-19(21)16-20)26(27(32)30-2)28(33)31-3/h8-13,16-18,26H,5-7,14-15H2,1-4H3,(H,30,32)(H,31,33). The van der Waals surface area contributed by atoms with Crippen molar-refractivity contribution in [1.29, 1.82) is 0 Å². The van der Waals surface area contributed by atoms with Crippen molar-refractivity contribution in [1.82, 2.24) is 10.6 Å². The molecule has 0 heterocycles. The summed E-state index contributed by atoms with van der Waals surface area (Å²) in [5.41, 5.74) is 4.41. The lowest BCUT2D eigenvalue weighted by molar-refractivity contribution is -0.131. The van der Waals surface area contributed by atoms with Crippen LogP contribution in [0, 0.1) is 0 Å². The fraction of sp³-hybridized carbons (Fsp3) is 0.379. The van der Waals surface area contributed by atoms with Gasteiger partial charge in [-0.1, -0.05) is 56.5 Å². The summed E-state index contributed by atoms with van der Waals surface area (Å²) in [5, 5.41) is 7.24. The zero-order valence-electron chi connectivity index (χ0n) is 20.5. The predicted octanol–water partition coefficient (Wildman–Crippen LogP) is 5.31. The summed E-state index contributed by atoms with van der Waals surface area (Å²) in [6.07, 6.45) is 6.20. The van der Waals surface area contributed by atoms with Gasteiger partial charge in [0.25, 0.3) is 0 Å². The third kappa shape index (κ3) is 4.52. The maximum atomic E-state index is 12.3. The van der Waals surface area contributed by atoms with E-state index in [2.05, 4.69) is 54.0 Å². The minimum absolute atomic E-state index is 0.139. The molecule has 2 amide bonds. The molecule has 0 aromatic heterocycles. The Labute approximate surface area is 201 Å². The monoisotopic (exact) mass is 458 g/mol. The van der Waals surface area contributed by atoms with E-state index in [-0.39, 0.29) is 17.2 Å². The largest absolute Gasteiger partial charge is 0.496 e. The van der Waals surface area contributed by atoms with E-state index in [0.29, 0.717) is 5.56 Å². The summed E-state index contributed by atoms with van der Waals surface area (Å²) >= 11 is 0. The molecule has 2 N–H and O–H groups in total. The maximum Gasteiger partial charge on any atom is 0.236 e. The van der Waals surface area contributed by atoms with Gasteiger partial charge in [-0.25, -0.2) is 0 Å². The molecule has 0 bridgehead atoms. The quantitative estimate of drug-likeness (QED) is 0.492. The third-order valence-electron chi connectivity index (χ3n) is 7.35. The molecule has 3 aromatic carbocycles. The van der Waals surface area contributed by atoms with Crippen LogP contribution in [0.25, 0.3) is 21.9 Å². The lowest BCUT2D eigenvalue weighted by Gasteiger charge is -2.35. The number of nitrogens with one attached hydrogen (secondary N) is 2. The number of methoxy groups -OCH3 is 1. The van der Waals surface area contributed by atoms with Crippen molar-refractivity contribution >= 4 is 22.6 Å². The van der Waals surface area contributed by atoms with Gasteiger partial charge in [0.15, 0.2) is 0 Å². The third-order valence-corrected chi connectivity index (χ3v) is 7.35. The molecule has 4 rings (SSSR count). The Morgan fingerprint density at radius 3 is 2.06 bits per heavy atom. The smallest absolute Gasteiger partial charge is 0.236 e. The fourth-order valence-corrected chi connectivity index (χ4v) is 5.29. The minimum Gasteiger partial charge on any atom is -0.496 e. The van der Waals surface area contributed by atoms with E-state index in [9.17, 15) is 9.59 Å². The molecule has 178 valence electrons. The van der Waals surface area contributed by atoms with Gasteiger partial charge in [-0.2, -0.15) is 0 Å². The number of rotatable bonds is 6. The molecule has 1 aliphatic carbocycles. The molecular formula is C29H34N2O3. The Balaban J connectivity index is 1.72. The Morgan fingerprint density at radius 1 is 0.824 bits per heavy atom. The summed E-state index contributed by atoms with van der Waals surface area (Å²) in [7, 11) is 4.84. The molecule has 1 fully saturated rings. The van der Waals surface area contributed by atoms with E-state index < -0.39 is 5.92 Å². The van der Waals surface area contributed by atoms with Gasteiger partial charge in [0, 0.05) is 19.7 Å². The lowest BCUT2D eigenvalue weighted by Crippen LogP contribution is -2.36. The molecule has 1 saturated carbocycles. The van der Waals surface area contributed by atoms with Crippen molar-refractivity contribution < 1.29 is 14.3 Å². The molecule has 5 heteroatoms. The zero-order chi connectivity index (χ0) is 24.3. The van der Waals surface area contributed by atoms with Crippen molar-refractivity contribution in [3.05, 3.63) is 65.7 Å². The average molecular weight is 459 g/mol. The summed E-state index contributed by atoms with van der Waals surface area (Å²) in [4.78, 5) is 24.7. The second-order valence-electron chi connectivity index (χ2n) is 9.52. The first-order valence-corrected chi connectivity index (χ1v) is 12.1. The van der Waals surface area contributed by atoms with E-state index in [0.717, 1.165) is 22.1 Å². The van der Waals surface area contributed by atoms with E-state index >= 15 is 0 Å². The van der Waals surface area contributed by atoms with Gasteiger partial charge in [-0.15, -0.1) is 0 Å². The van der Waals surface area contributed by atoms with Crippen molar-refractivity contribution in [3.63, 3.8) is 0 Å². The highest BCUT2D eigenvalue weighted by Crippen LogP contribution is 2.44. The number of benzene rings is 3. The van der Waals surface area contributed by atoms with Crippen LogP contribution in [-0.2, 0) is 15.0 Å². The summed E-state index contributed by atoms with van der Waals surface area (Å²) < 4.78 is 5.75. The SMILES string of the molecule is CNC(=O)C(C(=O)NC)c1ccc2cc(-c3ccc(OC)c(C4(C)CCCCC4)c3)ccc2c1. The molecule has 0 atom stereocenters. The molecule has 1 aliphatic rings. The second kappa shape index (κ2) is 9.88. The van der Waals surface area contributed by atoms with Crippen LogP contribution in [0.3, 0.4) is 0 Å². The first-order valence-electron chi connectivity index (χ1n) is 12.1. The molecule has 0 aliphatic heterocycles.